The van der Waals surface area contributed by atoms with Crippen molar-refractivity contribution in [1.82, 2.24) is 19.8 Å². The number of rotatable bonds is 12. The minimum atomic E-state index is -3.98. The number of nitrogens with zero attached hydrogens (tertiary/aromatic N) is 4. The van der Waals surface area contributed by atoms with Gasteiger partial charge in [-0.2, -0.15) is 4.31 Å². The van der Waals surface area contributed by atoms with Crippen molar-refractivity contribution >= 4 is 21.9 Å². The van der Waals surface area contributed by atoms with E-state index in [1.54, 1.807) is 5.48 Å². The van der Waals surface area contributed by atoms with Gasteiger partial charge in [0.2, 0.25) is 16.0 Å². The molecular formula is C23H39N5O5S. The Labute approximate surface area is 203 Å². The summed E-state index contributed by atoms with van der Waals surface area (Å²) >= 11 is 0. The molecule has 2 aliphatic heterocycles. The van der Waals surface area contributed by atoms with Crippen LogP contribution < -0.4 is 10.4 Å². The summed E-state index contributed by atoms with van der Waals surface area (Å²) in [5, 5.41) is 9.19. The molecule has 0 spiro atoms. The molecular weight excluding hydrogens is 458 g/mol. The smallest absolute Gasteiger partial charge is 0.266 e. The van der Waals surface area contributed by atoms with E-state index in [0.717, 1.165) is 18.4 Å². The lowest BCUT2D eigenvalue weighted by molar-refractivity contribution is -0.134. The number of aromatic nitrogens is 2. The van der Waals surface area contributed by atoms with Crippen LogP contribution in [0.15, 0.2) is 12.4 Å². The van der Waals surface area contributed by atoms with E-state index < -0.39 is 20.7 Å². The number of hydroxylamine groups is 1. The van der Waals surface area contributed by atoms with Gasteiger partial charge in [0.25, 0.3) is 5.91 Å². The normalized spacial score (nSPS) is 19.2. The molecule has 2 fully saturated rings. The number of nitrogens with one attached hydrogen (secondary N) is 1. The predicted octanol–water partition coefficient (Wildman–Crippen LogP) is 2.28. The summed E-state index contributed by atoms with van der Waals surface area (Å²) in [6.45, 7) is 3.87. The van der Waals surface area contributed by atoms with Crippen LogP contribution in [-0.4, -0.2) is 77.9 Å². The van der Waals surface area contributed by atoms with Gasteiger partial charge in [0, 0.05) is 64.6 Å². The van der Waals surface area contributed by atoms with Crippen LogP contribution >= 0.6 is 0 Å². The molecule has 192 valence electrons. The molecule has 0 saturated carbocycles. The fraction of sp³-hybridized carbons (Fsp3) is 0.783. The van der Waals surface area contributed by atoms with Crippen molar-refractivity contribution in [3.8, 4) is 0 Å². The maximum absolute atomic E-state index is 13.4. The van der Waals surface area contributed by atoms with E-state index in [9.17, 15) is 18.4 Å². The van der Waals surface area contributed by atoms with Crippen molar-refractivity contribution in [3.05, 3.63) is 18.0 Å². The molecule has 1 aromatic heterocycles. The molecule has 1 amide bonds. The first-order valence-electron chi connectivity index (χ1n) is 12.5. The number of unbranched alkanes of at least 4 members (excludes halogenated alkanes) is 6. The third-order valence-electron chi connectivity index (χ3n) is 6.93. The third kappa shape index (κ3) is 6.24. The molecule has 0 aromatic carbocycles. The first kappa shape index (κ1) is 26.8. The summed E-state index contributed by atoms with van der Waals surface area (Å²) in [6.07, 6.45) is 13.6. The van der Waals surface area contributed by atoms with E-state index in [0.29, 0.717) is 19.0 Å². The maximum Gasteiger partial charge on any atom is 0.266 e. The van der Waals surface area contributed by atoms with Gasteiger partial charge in [0.1, 0.15) is 0 Å². The van der Waals surface area contributed by atoms with Gasteiger partial charge in [-0.15, -0.1) is 0 Å². The Hall–Kier alpha value is -1.82. The van der Waals surface area contributed by atoms with Crippen molar-refractivity contribution in [3.63, 3.8) is 0 Å². The first-order chi connectivity index (χ1) is 16.4. The zero-order valence-corrected chi connectivity index (χ0v) is 21.1. The van der Waals surface area contributed by atoms with Gasteiger partial charge in [-0.05, 0) is 18.4 Å². The lowest BCUT2D eigenvalue weighted by Crippen LogP contribution is -2.62. The number of hydrogen-bond acceptors (Lipinski definition) is 8. The minimum Gasteiger partial charge on any atom is -0.381 e. The summed E-state index contributed by atoms with van der Waals surface area (Å²) in [5.41, 5.74) is 2.68. The largest absolute Gasteiger partial charge is 0.381 e. The van der Waals surface area contributed by atoms with Gasteiger partial charge >= 0.3 is 0 Å². The van der Waals surface area contributed by atoms with Gasteiger partial charge in [-0.25, -0.2) is 23.9 Å². The summed E-state index contributed by atoms with van der Waals surface area (Å²) in [7, 11) is -3.98. The molecule has 0 radical (unpaired) electrons. The number of amides is 1. The molecule has 0 unspecified atom stereocenters. The van der Waals surface area contributed by atoms with Crippen LogP contribution in [0, 0.1) is 0 Å². The molecule has 2 N–H and O–H groups in total. The summed E-state index contributed by atoms with van der Waals surface area (Å²) in [5.74, 6) is -0.299. The maximum atomic E-state index is 13.4. The molecule has 3 rings (SSSR count). The molecule has 3 heterocycles. The highest BCUT2D eigenvalue weighted by atomic mass is 32.2. The fourth-order valence-corrected chi connectivity index (χ4v) is 6.81. The number of carbonyl (C=O) groups excluding carboxylic acids is 1. The van der Waals surface area contributed by atoms with Crippen LogP contribution in [0.4, 0.5) is 5.95 Å². The fourth-order valence-electron chi connectivity index (χ4n) is 4.71. The van der Waals surface area contributed by atoms with E-state index in [-0.39, 0.29) is 39.1 Å². The van der Waals surface area contributed by atoms with Crippen molar-refractivity contribution in [2.75, 3.05) is 44.3 Å². The van der Waals surface area contributed by atoms with Gasteiger partial charge in [-0.1, -0.05) is 45.4 Å². The lowest BCUT2D eigenvalue weighted by atomic mass is 9.98. The molecule has 34 heavy (non-hydrogen) atoms. The Balaban J connectivity index is 1.51. The van der Waals surface area contributed by atoms with E-state index in [1.165, 1.54) is 42.8 Å². The molecule has 0 atom stereocenters. The van der Waals surface area contributed by atoms with Crippen LogP contribution in [0.3, 0.4) is 0 Å². The number of aryl methyl sites for hydroxylation is 1. The standard InChI is InChI=1S/C23H39N5O5S/c1-2-3-4-5-6-7-8-9-20-18-24-22(25-19-20)27-12-14-28(15-13-27)34(31,32)23(21(29)26-30)10-16-33-17-11-23/h18-19,30H,2-17H2,1H3,(H,26,29). The monoisotopic (exact) mass is 497 g/mol. The molecule has 10 nitrogen and oxygen atoms in total. The average Bonchev–Trinajstić information content (AvgIpc) is 2.88. The van der Waals surface area contributed by atoms with E-state index in [2.05, 4.69) is 16.9 Å². The van der Waals surface area contributed by atoms with Crippen LogP contribution in [0.2, 0.25) is 0 Å². The molecule has 1 aromatic rings. The highest BCUT2D eigenvalue weighted by Gasteiger charge is 2.54. The molecule has 2 saturated heterocycles. The van der Waals surface area contributed by atoms with Crippen LogP contribution in [-0.2, 0) is 26.0 Å². The number of piperazine rings is 1. The minimum absolute atomic E-state index is 0.0191. The second-order valence-corrected chi connectivity index (χ2v) is 11.4. The molecule has 0 bridgehead atoms. The number of ether oxygens (including phenoxy) is 1. The van der Waals surface area contributed by atoms with Crippen LogP contribution in [0.5, 0.6) is 0 Å². The topological polar surface area (TPSA) is 125 Å². The van der Waals surface area contributed by atoms with Gasteiger partial charge < -0.3 is 9.64 Å². The summed E-state index contributed by atoms with van der Waals surface area (Å²) in [6, 6.07) is 0. The Morgan fingerprint density at radius 1 is 1.03 bits per heavy atom. The SMILES string of the molecule is CCCCCCCCCc1cnc(N2CCN(S(=O)(=O)C3(C(=O)NO)CCOCC3)CC2)nc1. The van der Waals surface area contributed by atoms with Gasteiger partial charge in [0.05, 0.1) is 0 Å². The van der Waals surface area contributed by atoms with Crippen molar-refractivity contribution < 1.29 is 23.2 Å². The molecule has 0 aliphatic carbocycles. The van der Waals surface area contributed by atoms with Crippen LogP contribution in [0.1, 0.15) is 70.3 Å². The van der Waals surface area contributed by atoms with Crippen molar-refractivity contribution in [2.45, 2.75) is 75.9 Å². The zero-order valence-electron chi connectivity index (χ0n) is 20.2. The number of anilines is 1. The second kappa shape index (κ2) is 12.8. The average molecular weight is 498 g/mol. The predicted molar refractivity (Wildman–Crippen MR) is 129 cm³/mol. The Morgan fingerprint density at radius 3 is 2.21 bits per heavy atom. The highest BCUT2D eigenvalue weighted by Crippen LogP contribution is 2.33. The van der Waals surface area contributed by atoms with E-state index in [1.807, 2.05) is 17.3 Å². The zero-order chi connectivity index (χ0) is 24.4. The number of carbonyl (C=O) groups is 1. The summed E-state index contributed by atoms with van der Waals surface area (Å²) in [4.78, 5) is 23.4. The van der Waals surface area contributed by atoms with Gasteiger partial charge in [-0.3, -0.25) is 10.0 Å². The Bertz CT molecular complexity index is 866. The number of sulfonamides is 1. The lowest BCUT2D eigenvalue weighted by Gasteiger charge is -2.41. The molecule has 2 aliphatic rings. The van der Waals surface area contributed by atoms with E-state index in [4.69, 9.17) is 4.74 Å². The first-order valence-corrected chi connectivity index (χ1v) is 14.0. The quantitative estimate of drug-likeness (QED) is 0.256. The van der Waals surface area contributed by atoms with Gasteiger partial charge in [0.15, 0.2) is 4.75 Å². The Kier molecular flexibility index (Phi) is 10.0. The van der Waals surface area contributed by atoms with E-state index >= 15 is 0 Å². The van der Waals surface area contributed by atoms with Crippen molar-refractivity contribution in [2.24, 2.45) is 0 Å². The van der Waals surface area contributed by atoms with Crippen molar-refractivity contribution in [1.29, 1.82) is 0 Å². The molecule has 11 heteroatoms. The van der Waals surface area contributed by atoms with Crippen LogP contribution in [0.25, 0.3) is 0 Å². The second-order valence-electron chi connectivity index (χ2n) is 9.20. The number of hydrogen-bond donors (Lipinski definition) is 2. The highest BCUT2D eigenvalue weighted by molar-refractivity contribution is 7.91. The summed E-state index contributed by atoms with van der Waals surface area (Å²) < 4.78 is 31.7. The Morgan fingerprint density at radius 2 is 1.62 bits per heavy atom. The third-order valence-corrected chi connectivity index (χ3v) is 9.56.